The van der Waals surface area contributed by atoms with E-state index in [9.17, 15) is 4.79 Å². The van der Waals surface area contributed by atoms with Crippen molar-refractivity contribution < 1.29 is 4.79 Å². The molecule has 3 heterocycles. The number of hydrogen-bond donors (Lipinski definition) is 2. The molecular weight excluding hydrogens is 314 g/mol. The molecule has 2 aromatic rings. The molecule has 1 aliphatic carbocycles. The number of fused-ring (bicyclic) bond motifs is 1. The van der Waals surface area contributed by atoms with Crippen molar-refractivity contribution in [3.05, 3.63) is 28.2 Å². The average Bonchev–Trinajstić information content (AvgIpc) is 2.98. The number of aryl methyl sites for hydroxylation is 1. The summed E-state index contributed by atoms with van der Waals surface area (Å²) in [5.41, 5.74) is 5.67. The van der Waals surface area contributed by atoms with Gasteiger partial charge in [0.05, 0.1) is 11.2 Å². The fourth-order valence-electron chi connectivity index (χ4n) is 4.35. The molecule has 1 atom stereocenters. The summed E-state index contributed by atoms with van der Waals surface area (Å²) in [6.45, 7) is 10.7. The number of H-pyrrole nitrogens is 1. The monoisotopic (exact) mass is 341 g/mol. The molecule has 6 heteroatoms. The van der Waals surface area contributed by atoms with Gasteiger partial charge in [-0.25, -0.2) is 0 Å². The van der Waals surface area contributed by atoms with Gasteiger partial charge >= 0.3 is 0 Å². The number of aromatic nitrogens is 4. The number of anilines is 1. The topological polar surface area (TPSA) is 75.6 Å². The van der Waals surface area contributed by atoms with Gasteiger partial charge in [-0.1, -0.05) is 6.42 Å². The molecule has 0 spiro atoms. The zero-order valence-corrected chi connectivity index (χ0v) is 15.7. The van der Waals surface area contributed by atoms with Gasteiger partial charge in [0.2, 0.25) is 5.91 Å². The SMILES string of the molecule is Cc1nn(C(C)(C)C)c(C)c1[C@@H]1CC(=O)Nc2n[nH]c(C3CCC3)c21. The summed E-state index contributed by atoms with van der Waals surface area (Å²) < 4.78 is 2.09. The van der Waals surface area contributed by atoms with E-state index in [0.717, 1.165) is 11.4 Å². The minimum absolute atomic E-state index is 0.0338. The molecule has 1 aliphatic heterocycles. The fourth-order valence-corrected chi connectivity index (χ4v) is 4.35. The van der Waals surface area contributed by atoms with E-state index in [1.54, 1.807) is 0 Å². The number of carbonyl (C=O) groups is 1. The van der Waals surface area contributed by atoms with E-state index in [0.29, 0.717) is 18.2 Å². The molecule has 1 saturated carbocycles. The second-order valence-corrected chi connectivity index (χ2v) is 8.50. The van der Waals surface area contributed by atoms with Crippen molar-refractivity contribution in [1.82, 2.24) is 20.0 Å². The summed E-state index contributed by atoms with van der Waals surface area (Å²) in [6, 6.07) is 0. The van der Waals surface area contributed by atoms with Crippen LogP contribution >= 0.6 is 0 Å². The Balaban J connectivity index is 1.86. The predicted octanol–water partition coefficient (Wildman–Crippen LogP) is 3.72. The summed E-state index contributed by atoms with van der Waals surface area (Å²) in [5, 5.41) is 15.4. The third-order valence-corrected chi connectivity index (χ3v) is 5.67. The maximum Gasteiger partial charge on any atom is 0.226 e. The second kappa shape index (κ2) is 5.44. The molecule has 0 unspecified atom stereocenters. The first kappa shape index (κ1) is 16.4. The quantitative estimate of drug-likeness (QED) is 0.874. The van der Waals surface area contributed by atoms with Gasteiger partial charge in [-0.05, 0) is 47.5 Å². The molecular formula is C19H27N5O. The van der Waals surface area contributed by atoms with Crippen molar-refractivity contribution in [3.8, 4) is 0 Å². The molecule has 1 amide bonds. The Morgan fingerprint density at radius 1 is 1.16 bits per heavy atom. The fraction of sp³-hybridized carbons (Fsp3) is 0.632. The third kappa shape index (κ3) is 2.50. The van der Waals surface area contributed by atoms with E-state index < -0.39 is 0 Å². The second-order valence-electron chi connectivity index (χ2n) is 8.50. The van der Waals surface area contributed by atoms with Gasteiger partial charge in [0.25, 0.3) is 0 Å². The Bertz CT molecular complexity index is 835. The number of nitrogens with one attached hydrogen (secondary N) is 2. The lowest BCUT2D eigenvalue weighted by atomic mass is 9.76. The van der Waals surface area contributed by atoms with Gasteiger partial charge in [-0.3, -0.25) is 14.6 Å². The Kier molecular flexibility index (Phi) is 3.56. The Morgan fingerprint density at radius 2 is 1.88 bits per heavy atom. The minimum atomic E-state index is -0.0833. The maximum atomic E-state index is 12.3. The number of aromatic amines is 1. The van der Waals surface area contributed by atoms with Gasteiger partial charge in [0, 0.05) is 40.8 Å². The van der Waals surface area contributed by atoms with Crippen molar-refractivity contribution in [2.75, 3.05) is 5.32 Å². The van der Waals surface area contributed by atoms with Gasteiger partial charge < -0.3 is 5.32 Å². The van der Waals surface area contributed by atoms with Crippen LogP contribution in [0.4, 0.5) is 5.82 Å². The van der Waals surface area contributed by atoms with Crippen LogP contribution < -0.4 is 5.32 Å². The lowest BCUT2D eigenvalue weighted by molar-refractivity contribution is -0.116. The molecule has 134 valence electrons. The summed E-state index contributed by atoms with van der Waals surface area (Å²) in [4.78, 5) is 12.3. The largest absolute Gasteiger partial charge is 0.309 e. The first-order chi connectivity index (χ1) is 11.8. The minimum Gasteiger partial charge on any atom is -0.309 e. The Labute approximate surface area is 148 Å². The molecule has 2 aromatic heterocycles. The van der Waals surface area contributed by atoms with Crippen LogP contribution in [0.15, 0.2) is 0 Å². The summed E-state index contributed by atoms with van der Waals surface area (Å²) in [5.74, 6) is 1.33. The van der Waals surface area contributed by atoms with Gasteiger partial charge in [0.15, 0.2) is 5.82 Å². The molecule has 1 fully saturated rings. The molecule has 2 N–H and O–H groups in total. The van der Waals surface area contributed by atoms with Crippen LogP contribution in [0.3, 0.4) is 0 Å². The van der Waals surface area contributed by atoms with E-state index in [2.05, 4.69) is 54.8 Å². The zero-order valence-electron chi connectivity index (χ0n) is 15.7. The van der Waals surface area contributed by atoms with Crippen molar-refractivity contribution in [3.63, 3.8) is 0 Å². The van der Waals surface area contributed by atoms with Crippen LogP contribution in [0.5, 0.6) is 0 Å². The maximum absolute atomic E-state index is 12.3. The smallest absolute Gasteiger partial charge is 0.226 e. The van der Waals surface area contributed by atoms with Crippen molar-refractivity contribution in [2.45, 2.75) is 77.7 Å². The first-order valence-corrected chi connectivity index (χ1v) is 9.22. The summed E-state index contributed by atoms with van der Waals surface area (Å²) in [7, 11) is 0. The van der Waals surface area contributed by atoms with Crippen LogP contribution in [0.25, 0.3) is 0 Å². The Hall–Kier alpha value is -2.11. The van der Waals surface area contributed by atoms with E-state index in [1.165, 1.54) is 36.1 Å². The van der Waals surface area contributed by atoms with Crippen molar-refractivity contribution in [1.29, 1.82) is 0 Å². The van der Waals surface area contributed by atoms with Crippen LogP contribution in [-0.2, 0) is 10.3 Å². The lowest BCUT2D eigenvalue weighted by Crippen LogP contribution is -2.26. The van der Waals surface area contributed by atoms with E-state index in [4.69, 9.17) is 5.10 Å². The molecule has 0 aromatic carbocycles. The molecule has 2 aliphatic rings. The van der Waals surface area contributed by atoms with Crippen LogP contribution in [-0.4, -0.2) is 25.9 Å². The number of hydrogen-bond acceptors (Lipinski definition) is 3. The number of rotatable bonds is 2. The normalized spacial score (nSPS) is 21.0. The number of amides is 1. The highest BCUT2D eigenvalue weighted by molar-refractivity contribution is 5.94. The number of nitrogens with zero attached hydrogens (tertiary/aromatic N) is 3. The highest BCUT2D eigenvalue weighted by Gasteiger charge is 2.38. The van der Waals surface area contributed by atoms with E-state index in [-0.39, 0.29) is 17.4 Å². The molecule has 4 rings (SSSR count). The summed E-state index contributed by atoms with van der Waals surface area (Å²) in [6.07, 6.45) is 4.14. The zero-order chi connectivity index (χ0) is 17.9. The molecule has 0 bridgehead atoms. The summed E-state index contributed by atoms with van der Waals surface area (Å²) >= 11 is 0. The molecule has 6 nitrogen and oxygen atoms in total. The van der Waals surface area contributed by atoms with Gasteiger partial charge in [-0.2, -0.15) is 10.2 Å². The van der Waals surface area contributed by atoms with Crippen molar-refractivity contribution in [2.24, 2.45) is 0 Å². The van der Waals surface area contributed by atoms with Gasteiger partial charge in [0.1, 0.15) is 0 Å². The highest BCUT2D eigenvalue weighted by atomic mass is 16.1. The van der Waals surface area contributed by atoms with Crippen molar-refractivity contribution >= 4 is 11.7 Å². The van der Waals surface area contributed by atoms with Gasteiger partial charge in [-0.15, -0.1) is 0 Å². The van der Waals surface area contributed by atoms with E-state index in [1.807, 2.05) is 0 Å². The number of carbonyl (C=O) groups excluding carboxylic acids is 1. The first-order valence-electron chi connectivity index (χ1n) is 9.22. The lowest BCUT2D eigenvalue weighted by Gasteiger charge is -2.30. The van der Waals surface area contributed by atoms with E-state index >= 15 is 0 Å². The standard InChI is InChI=1S/C19H27N5O/c1-10-15(11(2)24(23-10)19(3,4)5)13-9-14(25)20-18-16(13)17(21-22-18)12-7-6-8-12/h12-13H,6-9H2,1-5H3,(H2,20,21,22,25)/t13-/m0/s1. The highest BCUT2D eigenvalue weighted by Crippen LogP contribution is 2.46. The molecule has 25 heavy (non-hydrogen) atoms. The average molecular weight is 341 g/mol. The molecule has 0 saturated heterocycles. The Morgan fingerprint density at radius 3 is 2.44 bits per heavy atom. The van der Waals surface area contributed by atoms with Crippen LogP contribution in [0.2, 0.25) is 0 Å². The van der Waals surface area contributed by atoms with Crippen LogP contribution in [0.1, 0.15) is 86.5 Å². The molecule has 0 radical (unpaired) electrons. The predicted molar refractivity (Wildman–Crippen MR) is 97.0 cm³/mol. The third-order valence-electron chi connectivity index (χ3n) is 5.67. The van der Waals surface area contributed by atoms with Crippen LogP contribution in [0, 0.1) is 13.8 Å².